The predicted molar refractivity (Wildman–Crippen MR) is 79.2 cm³/mol. The summed E-state index contributed by atoms with van der Waals surface area (Å²) in [5.74, 6) is -0.293. The van der Waals surface area contributed by atoms with Crippen LogP contribution in [0.3, 0.4) is 0 Å². The number of halogens is 2. The van der Waals surface area contributed by atoms with E-state index < -0.39 is 0 Å². The van der Waals surface area contributed by atoms with E-state index in [2.05, 4.69) is 21.0 Å². The van der Waals surface area contributed by atoms with Gasteiger partial charge in [0.05, 0.1) is 18.3 Å². The van der Waals surface area contributed by atoms with E-state index in [1.54, 1.807) is 16.8 Å². The number of fused-ring (bicyclic) bond motifs is 1. The molecule has 0 N–H and O–H groups in total. The number of aromatic nitrogens is 2. The van der Waals surface area contributed by atoms with Gasteiger partial charge < -0.3 is 0 Å². The van der Waals surface area contributed by atoms with Crippen molar-refractivity contribution in [3.05, 3.63) is 74.7 Å². The average molecular weight is 333 g/mol. The summed E-state index contributed by atoms with van der Waals surface area (Å²) in [6, 6.07) is 11.8. The Labute approximate surface area is 122 Å². The topological polar surface area (TPSA) is 34.9 Å². The zero-order chi connectivity index (χ0) is 14.1. The minimum atomic E-state index is -0.293. The van der Waals surface area contributed by atoms with Crippen molar-refractivity contribution in [2.75, 3.05) is 0 Å². The van der Waals surface area contributed by atoms with E-state index in [1.165, 1.54) is 18.3 Å². The molecule has 1 heterocycles. The Morgan fingerprint density at radius 2 is 2.00 bits per heavy atom. The molecule has 0 saturated heterocycles. The number of hydrogen-bond acceptors (Lipinski definition) is 2. The molecular weight excluding hydrogens is 323 g/mol. The molecule has 0 fully saturated rings. The van der Waals surface area contributed by atoms with Crippen LogP contribution >= 0.6 is 15.9 Å². The first-order chi connectivity index (χ1) is 9.65. The summed E-state index contributed by atoms with van der Waals surface area (Å²) in [5.41, 5.74) is 1.55. The Morgan fingerprint density at radius 1 is 1.20 bits per heavy atom. The molecule has 0 unspecified atom stereocenters. The lowest BCUT2D eigenvalue weighted by Gasteiger charge is -2.10. The molecule has 20 heavy (non-hydrogen) atoms. The molecule has 0 aliphatic carbocycles. The van der Waals surface area contributed by atoms with E-state index >= 15 is 0 Å². The summed E-state index contributed by atoms with van der Waals surface area (Å²) in [7, 11) is 0. The largest absolute Gasteiger partial charge is 0.287 e. The molecule has 3 nitrogen and oxygen atoms in total. The van der Waals surface area contributed by atoms with Crippen LogP contribution in [-0.4, -0.2) is 9.78 Å². The highest BCUT2D eigenvalue weighted by Crippen LogP contribution is 2.20. The Balaban J connectivity index is 2.11. The molecule has 0 bridgehead atoms. The fraction of sp³-hybridized carbons (Fsp3) is 0.0667. The van der Waals surface area contributed by atoms with Gasteiger partial charge >= 0.3 is 0 Å². The standard InChI is InChI=1S/C15H10BrFN2O/c16-13-7-11(17)6-5-10(13)9-19-14-4-2-1-3-12(14)15(20)8-18-19/h1-8H,9H2. The van der Waals surface area contributed by atoms with Crippen molar-refractivity contribution in [1.82, 2.24) is 9.78 Å². The van der Waals surface area contributed by atoms with E-state index in [0.29, 0.717) is 16.4 Å². The summed E-state index contributed by atoms with van der Waals surface area (Å²) >= 11 is 3.34. The van der Waals surface area contributed by atoms with Gasteiger partial charge in [-0.1, -0.05) is 34.1 Å². The number of rotatable bonds is 2. The maximum atomic E-state index is 13.1. The minimum Gasteiger partial charge on any atom is -0.287 e. The molecular formula is C15H10BrFN2O. The molecule has 3 aromatic rings. The molecule has 0 aliphatic rings. The Bertz CT molecular complexity index is 845. The molecule has 100 valence electrons. The van der Waals surface area contributed by atoms with Crippen LogP contribution in [0.5, 0.6) is 0 Å². The second-order valence-electron chi connectivity index (χ2n) is 4.42. The molecule has 0 amide bonds. The highest BCUT2D eigenvalue weighted by molar-refractivity contribution is 9.10. The van der Waals surface area contributed by atoms with Gasteiger partial charge in [0.15, 0.2) is 0 Å². The third-order valence-electron chi connectivity index (χ3n) is 3.10. The number of hydrogen-bond donors (Lipinski definition) is 0. The fourth-order valence-electron chi connectivity index (χ4n) is 2.10. The second kappa shape index (κ2) is 5.17. The highest BCUT2D eigenvalue weighted by Gasteiger charge is 2.07. The van der Waals surface area contributed by atoms with Gasteiger partial charge in [-0.3, -0.25) is 9.48 Å². The Hall–Kier alpha value is -2.01. The first kappa shape index (κ1) is 13.0. The average Bonchev–Trinajstić information content (AvgIpc) is 2.45. The Kier molecular flexibility index (Phi) is 3.36. The molecule has 2 aromatic carbocycles. The first-order valence-corrected chi connectivity index (χ1v) is 6.83. The van der Waals surface area contributed by atoms with Crippen LogP contribution in [0.4, 0.5) is 4.39 Å². The fourth-order valence-corrected chi connectivity index (χ4v) is 2.57. The maximum absolute atomic E-state index is 13.1. The third kappa shape index (κ3) is 2.36. The molecule has 5 heteroatoms. The van der Waals surface area contributed by atoms with E-state index in [1.807, 2.05) is 18.2 Å². The van der Waals surface area contributed by atoms with Gasteiger partial charge in [0.2, 0.25) is 5.43 Å². The van der Waals surface area contributed by atoms with Crippen molar-refractivity contribution < 1.29 is 4.39 Å². The van der Waals surface area contributed by atoms with Crippen LogP contribution in [0, 0.1) is 5.82 Å². The van der Waals surface area contributed by atoms with Gasteiger partial charge in [-0.2, -0.15) is 5.10 Å². The van der Waals surface area contributed by atoms with E-state index in [-0.39, 0.29) is 11.2 Å². The van der Waals surface area contributed by atoms with Crippen LogP contribution in [-0.2, 0) is 6.54 Å². The van der Waals surface area contributed by atoms with Crippen molar-refractivity contribution in [3.63, 3.8) is 0 Å². The molecule has 1 aromatic heterocycles. The summed E-state index contributed by atoms with van der Waals surface area (Å²) in [6.07, 6.45) is 1.31. The van der Waals surface area contributed by atoms with Crippen LogP contribution in [0.25, 0.3) is 10.9 Å². The van der Waals surface area contributed by atoms with Gasteiger partial charge in [-0.05, 0) is 29.8 Å². The second-order valence-corrected chi connectivity index (χ2v) is 5.27. The van der Waals surface area contributed by atoms with E-state index in [9.17, 15) is 9.18 Å². The van der Waals surface area contributed by atoms with Gasteiger partial charge in [0, 0.05) is 9.86 Å². The van der Waals surface area contributed by atoms with Gasteiger partial charge in [0.25, 0.3) is 0 Å². The number of benzene rings is 2. The van der Waals surface area contributed by atoms with Crippen molar-refractivity contribution in [1.29, 1.82) is 0 Å². The maximum Gasteiger partial charge on any atom is 0.207 e. The lowest BCUT2D eigenvalue weighted by Crippen LogP contribution is -2.13. The lowest BCUT2D eigenvalue weighted by molar-refractivity contribution is 0.623. The molecule has 3 rings (SSSR count). The van der Waals surface area contributed by atoms with Gasteiger partial charge in [-0.25, -0.2) is 4.39 Å². The van der Waals surface area contributed by atoms with Crippen molar-refractivity contribution in [3.8, 4) is 0 Å². The SMILES string of the molecule is O=c1cnn(Cc2ccc(F)cc2Br)c2ccccc12. The number of para-hydroxylation sites is 1. The molecule has 0 spiro atoms. The van der Waals surface area contributed by atoms with Gasteiger partial charge in [0.1, 0.15) is 5.82 Å². The smallest absolute Gasteiger partial charge is 0.207 e. The minimum absolute atomic E-state index is 0.102. The third-order valence-corrected chi connectivity index (χ3v) is 3.84. The summed E-state index contributed by atoms with van der Waals surface area (Å²) in [4.78, 5) is 11.8. The summed E-state index contributed by atoms with van der Waals surface area (Å²) in [5, 5.41) is 4.78. The van der Waals surface area contributed by atoms with Crippen molar-refractivity contribution in [2.45, 2.75) is 6.54 Å². The molecule has 0 saturated carbocycles. The van der Waals surface area contributed by atoms with Crippen LogP contribution in [0.15, 0.2) is 57.9 Å². The van der Waals surface area contributed by atoms with E-state index in [0.717, 1.165) is 11.1 Å². The monoisotopic (exact) mass is 332 g/mol. The van der Waals surface area contributed by atoms with Crippen LogP contribution < -0.4 is 5.43 Å². The first-order valence-electron chi connectivity index (χ1n) is 6.04. The van der Waals surface area contributed by atoms with Crippen molar-refractivity contribution in [2.24, 2.45) is 0 Å². The molecule has 0 aliphatic heterocycles. The van der Waals surface area contributed by atoms with Crippen LogP contribution in [0.1, 0.15) is 5.56 Å². The molecule has 0 radical (unpaired) electrons. The highest BCUT2D eigenvalue weighted by atomic mass is 79.9. The lowest BCUT2D eigenvalue weighted by atomic mass is 10.2. The van der Waals surface area contributed by atoms with Crippen LogP contribution in [0.2, 0.25) is 0 Å². The van der Waals surface area contributed by atoms with E-state index in [4.69, 9.17) is 0 Å². The Morgan fingerprint density at radius 3 is 2.80 bits per heavy atom. The van der Waals surface area contributed by atoms with Crippen molar-refractivity contribution >= 4 is 26.8 Å². The zero-order valence-corrected chi connectivity index (χ0v) is 12.0. The summed E-state index contributed by atoms with van der Waals surface area (Å²) < 4.78 is 15.5. The predicted octanol–water partition coefficient (Wildman–Crippen LogP) is 3.35. The molecule has 0 atom stereocenters. The zero-order valence-electron chi connectivity index (χ0n) is 10.4. The number of nitrogens with zero attached hydrogens (tertiary/aromatic N) is 2. The normalized spacial score (nSPS) is 10.9. The summed E-state index contributed by atoms with van der Waals surface area (Å²) in [6.45, 7) is 0.460. The van der Waals surface area contributed by atoms with Gasteiger partial charge in [-0.15, -0.1) is 0 Å². The quantitative estimate of drug-likeness (QED) is 0.721.